The van der Waals surface area contributed by atoms with Crippen molar-refractivity contribution in [3.8, 4) is 0 Å². The van der Waals surface area contributed by atoms with E-state index in [2.05, 4.69) is 5.32 Å². The zero-order valence-electron chi connectivity index (χ0n) is 14.1. The molecule has 4 aliphatic carbocycles. The molecule has 5 aliphatic rings. The summed E-state index contributed by atoms with van der Waals surface area (Å²) in [6, 6.07) is -0.373. The third-order valence-electron chi connectivity index (χ3n) is 6.35. The number of esters is 1. The summed E-state index contributed by atoms with van der Waals surface area (Å²) in [4.78, 5) is 24.4. The number of hydrogen-bond acceptors (Lipinski definition) is 5. The lowest BCUT2D eigenvalue weighted by Gasteiger charge is -2.58. The van der Waals surface area contributed by atoms with Crippen LogP contribution in [0.4, 0.5) is 0 Å². The SMILES string of the molecule is O=C(COC(=O)C12C[C@@H]3C[C@H](CC(Cl)(C3)C1)C2)N[C@H]1CCS(=O)(=O)C1. The van der Waals surface area contributed by atoms with Gasteiger partial charge in [-0.3, -0.25) is 9.59 Å². The Morgan fingerprint density at radius 2 is 1.84 bits per heavy atom. The summed E-state index contributed by atoms with van der Waals surface area (Å²) >= 11 is 6.72. The summed E-state index contributed by atoms with van der Waals surface area (Å²) in [5.41, 5.74) is -0.525. The van der Waals surface area contributed by atoms with E-state index in [0.29, 0.717) is 24.7 Å². The minimum atomic E-state index is -3.05. The van der Waals surface area contributed by atoms with Crippen LogP contribution in [0.2, 0.25) is 0 Å². The first-order valence-electron chi connectivity index (χ1n) is 9.03. The van der Waals surface area contributed by atoms with Crippen molar-refractivity contribution in [3.05, 3.63) is 0 Å². The van der Waals surface area contributed by atoms with Gasteiger partial charge >= 0.3 is 5.97 Å². The van der Waals surface area contributed by atoms with Gasteiger partial charge in [-0.1, -0.05) is 0 Å². The van der Waals surface area contributed by atoms with E-state index in [1.807, 2.05) is 0 Å². The lowest BCUT2D eigenvalue weighted by atomic mass is 9.49. The molecule has 1 amide bonds. The highest BCUT2D eigenvalue weighted by molar-refractivity contribution is 7.91. The van der Waals surface area contributed by atoms with Gasteiger partial charge in [0.05, 0.1) is 16.9 Å². The Morgan fingerprint density at radius 1 is 1.16 bits per heavy atom. The van der Waals surface area contributed by atoms with Crippen molar-refractivity contribution in [1.82, 2.24) is 5.32 Å². The Labute approximate surface area is 152 Å². The molecule has 0 aromatic rings. The van der Waals surface area contributed by atoms with Crippen LogP contribution in [0.5, 0.6) is 0 Å². The molecule has 5 fully saturated rings. The van der Waals surface area contributed by atoms with Crippen LogP contribution in [0.3, 0.4) is 0 Å². The molecule has 3 atom stereocenters. The Bertz CT molecular complexity index is 692. The number of amides is 1. The maximum Gasteiger partial charge on any atom is 0.312 e. The molecule has 4 saturated carbocycles. The van der Waals surface area contributed by atoms with Crippen molar-refractivity contribution < 1.29 is 22.7 Å². The fraction of sp³-hybridized carbons (Fsp3) is 0.882. The molecule has 0 aromatic carbocycles. The van der Waals surface area contributed by atoms with E-state index < -0.39 is 21.2 Å². The Hall–Kier alpha value is -0.820. The third-order valence-corrected chi connectivity index (χ3v) is 8.56. The number of nitrogens with one attached hydrogen (secondary N) is 1. The Morgan fingerprint density at radius 3 is 2.40 bits per heavy atom. The molecule has 6 nitrogen and oxygen atoms in total. The van der Waals surface area contributed by atoms with Crippen LogP contribution in [-0.2, 0) is 24.2 Å². The average molecular weight is 390 g/mol. The number of sulfone groups is 1. The first-order chi connectivity index (χ1) is 11.7. The topological polar surface area (TPSA) is 89.5 Å². The quantitative estimate of drug-likeness (QED) is 0.580. The molecule has 0 aromatic heterocycles. The number of halogens is 1. The molecule has 1 saturated heterocycles. The van der Waals surface area contributed by atoms with Gasteiger partial charge in [0, 0.05) is 10.9 Å². The molecule has 0 radical (unpaired) electrons. The molecule has 0 spiro atoms. The molecular formula is C17H24ClNO5S. The summed E-state index contributed by atoms with van der Waals surface area (Å²) in [6.07, 6.45) is 5.83. The van der Waals surface area contributed by atoms with Crippen molar-refractivity contribution in [1.29, 1.82) is 0 Å². The molecule has 25 heavy (non-hydrogen) atoms. The molecule has 1 aliphatic heterocycles. The molecular weight excluding hydrogens is 366 g/mol. The predicted octanol–water partition coefficient (Wildman–Crippen LogP) is 1.41. The van der Waals surface area contributed by atoms with Gasteiger partial charge in [-0.15, -0.1) is 11.6 Å². The second kappa shape index (κ2) is 5.84. The van der Waals surface area contributed by atoms with Crippen molar-refractivity contribution in [2.24, 2.45) is 17.3 Å². The Kier molecular flexibility index (Phi) is 4.11. The first-order valence-corrected chi connectivity index (χ1v) is 11.2. The van der Waals surface area contributed by atoms with Crippen LogP contribution < -0.4 is 5.32 Å². The average Bonchev–Trinajstić information content (AvgIpc) is 2.81. The number of carbonyl (C=O) groups excluding carboxylic acids is 2. The summed E-state index contributed by atoms with van der Waals surface area (Å²) in [5, 5.41) is 2.65. The zero-order valence-corrected chi connectivity index (χ0v) is 15.7. The van der Waals surface area contributed by atoms with E-state index in [0.717, 1.165) is 32.1 Å². The number of carbonyl (C=O) groups is 2. The van der Waals surface area contributed by atoms with Gasteiger partial charge in [-0.2, -0.15) is 0 Å². The molecule has 140 valence electrons. The van der Waals surface area contributed by atoms with Gasteiger partial charge in [0.1, 0.15) is 0 Å². The van der Waals surface area contributed by atoms with E-state index in [1.165, 1.54) is 0 Å². The van der Waals surface area contributed by atoms with E-state index in [4.69, 9.17) is 16.3 Å². The summed E-state index contributed by atoms with van der Waals surface area (Å²) in [7, 11) is -3.05. The highest BCUT2D eigenvalue weighted by Gasteiger charge is 2.60. The maximum absolute atomic E-state index is 12.7. The fourth-order valence-electron chi connectivity index (χ4n) is 5.85. The minimum Gasteiger partial charge on any atom is -0.455 e. The van der Waals surface area contributed by atoms with Crippen LogP contribution in [0.25, 0.3) is 0 Å². The van der Waals surface area contributed by atoms with E-state index in [9.17, 15) is 18.0 Å². The molecule has 1 N–H and O–H groups in total. The second-order valence-electron chi connectivity index (χ2n) is 8.64. The zero-order chi connectivity index (χ0) is 17.9. The number of hydrogen-bond donors (Lipinski definition) is 1. The van der Waals surface area contributed by atoms with Crippen LogP contribution in [0.15, 0.2) is 0 Å². The largest absolute Gasteiger partial charge is 0.455 e. The highest BCUT2D eigenvalue weighted by Crippen LogP contribution is 2.64. The molecule has 1 heterocycles. The number of ether oxygens (including phenoxy) is 1. The monoisotopic (exact) mass is 389 g/mol. The van der Waals surface area contributed by atoms with Gasteiger partial charge in [0.25, 0.3) is 5.91 Å². The number of alkyl halides is 1. The van der Waals surface area contributed by atoms with Gasteiger partial charge in [-0.05, 0) is 56.8 Å². The van der Waals surface area contributed by atoms with Crippen LogP contribution in [-0.4, -0.2) is 49.3 Å². The van der Waals surface area contributed by atoms with Crippen molar-refractivity contribution in [2.75, 3.05) is 18.1 Å². The van der Waals surface area contributed by atoms with Crippen LogP contribution in [0, 0.1) is 17.3 Å². The first kappa shape index (κ1) is 17.6. The summed E-state index contributed by atoms with van der Waals surface area (Å²) < 4.78 is 28.2. The second-order valence-corrected chi connectivity index (χ2v) is 11.7. The fourth-order valence-corrected chi connectivity index (χ4v) is 8.22. The maximum atomic E-state index is 12.7. The van der Waals surface area contributed by atoms with Crippen LogP contribution in [0.1, 0.15) is 44.9 Å². The predicted molar refractivity (Wildman–Crippen MR) is 91.9 cm³/mol. The van der Waals surface area contributed by atoms with Gasteiger partial charge in [0.2, 0.25) is 0 Å². The van der Waals surface area contributed by atoms with Gasteiger partial charge in [-0.25, -0.2) is 8.42 Å². The van der Waals surface area contributed by atoms with Crippen molar-refractivity contribution in [2.45, 2.75) is 55.9 Å². The van der Waals surface area contributed by atoms with Gasteiger partial charge < -0.3 is 10.1 Å². The molecule has 5 rings (SSSR count). The van der Waals surface area contributed by atoms with Gasteiger partial charge in [0.15, 0.2) is 16.4 Å². The summed E-state index contributed by atoms with van der Waals surface area (Å²) in [5.74, 6) is 0.310. The Balaban J connectivity index is 1.33. The van der Waals surface area contributed by atoms with Crippen LogP contribution >= 0.6 is 11.6 Å². The highest BCUT2D eigenvalue weighted by atomic mass is 35.5. The van der Waals surface area contributed by atoms with Crippen molar-refractivity contribution >= 4 is 33.3 Å². The van der Waals surface area contributed by atoms with E-state index >= 15 is 0 Å². The van der Waals surface area contributed by atoms with Crippen molar-refractivity contribution in [3.63, 3.8) is 0 Å². The number of rotatable bonds is 4. The molecule has 0 unspecified atom stereocenters. The lowest BCUT2D eigenvalue weighted by molar-refractivity contribution is -0.171. The smallest absolute Gasteiger partial charge is 0.312 e. The third kappa shape index (κ3) is 3.42. The normalized spacial score (nSPS) is 43.8. The minimum absolute atomic E-state index is 0.0330. The van der Waals surface area contributed by atoms with E-state index in [1.54, 1.807) is 0 Å². The molecule has 8 heteroatoms. The van der Waals surface area contributed by atoms with E-state index in [-0.39, 0.29) is 35.0 Å². The standard InChI is InChI=1S/C17H24ClNO5S/c18-17-6-11-3-12(7-17)5-16(4-11,10-17)15(21)24-8-14(20)19-13-1-2-25(22,23)9-13/h11-13H,1-10H2,(H,19,20)/t11-,12-,13-,16?,17?/m0/s1. The lowest BCUT2D eigenvalue weighted by Crippen LogP contribution is -2.56. The molecule has 4 bridgehead atoms. The summed E-state index contributed by atoms with van der Waals surface area (Å²) in [6.45, 7) is -0.345.